The minimum Gasteiger partial charge on any atom is -0.471 e. The van der Waals surface area contributed by atoms with Gasteiger partial charge in [0, 0.05) is 13.1 Å². The molecule has 0 atom stereocenters. The first-order valence-corrected chi connectivity index (χ1v) is 7.31. The van der Waals surface area contributed by atoms with Crippen LogP contribution in [-0.4, -0.2) is 52.6 Å². The van der Waals surface area contributed by atoms with Crippen molar-refractivity contribution in [3.05, 3.63) is 16.3 Å². The molecule has 8 nitrogen and oxygen atoms in total. The highest BCUT2D eigenvalue weighted by Crippen LogP contribution is 2.24. The van der Waals surface area contributed by atoms with Gasteiger partial charge >= 0.3 is 5.69 Å². The van der Waals surface area contributed by atoms with Crippen LogP contribution in [0.3, 0.4) is 0 Å². The summed E-state index contributed by atoms with van der Waals surface area (Å²) in [6.07, 6.45) is 4.87. The summed E-state index contributed by atoms with van der Waals surface area (Å²) >= 11 is 0. The monoisotopic (exact) mass is 295 g/mol. The van der Waals surface area contributed by atoms with Gasteiger partial charge in [0.25, 0.3) is 5.88 Å². The Balaban J connectivity index is 1.95. The molecule has 1 fully saturated rings. The summed E-state index contributed by atoms with van der Waals surface area (Å²) in [5.41, 5.74) is -0.199. The Morgan fingerprint density at radius 3 is 2.86 bits per heavy atom. The van der Waals surface area contributed by atoms with Crippen molar-refractivity contribution >= 4 is 11.6 Å². The number of likely N-dealkylation sites (tertiary alicyclic amines) is 1. The quantitative estimate of drug-likeness (QED) is 0.604. The van der Waals surface area contributed by atoms with Gasteiger partial charge in [0.1, 0.15) is 12.8 Å². The first kappa shape index (κ1) is 15.4. The maximum Gasteiger partial charge on any atom is 0.349 e. The van der Waals surface area contributed by atoms with Gasteiger partial charge in [0.15, 0.2) is 0 Å². The van der Waals surface area contributed by atoms with E-state index in [0.29, 0.717) is 19.1 Å². The van der Waals surface area contributed by atoms with Crippen molar-refractivity contribution in [3.63, 3.8) is 0 Å². The van der Waals surface area contributed by atoms with Crippen LogP contribution in [0.4, 0.5) is 11.6 Å². The van der Waals surface area contributed by atoms with Crippen LogP contribution in [0.15, 0.2) is 6.20 Å². The molecule has 0 amide bonds. The summed E-state index contributed by atoms with van der Waals surface area (Å²) in [6.45, 7) is 5.84. The number of hydrogen-bond acceptors (Lipinski definition) is 7. The molecule has 116 valence electrons. The first-order valence-electron chi connectivity index (χ1n) is 7.31. The SMILES string of the molecule is CCNc1ncc([N+](=O)[O-])c(OCCN2CCCCC2)n1. The predicted octanol–water partition coefficient (Wildman–Crippen LogP) is 1.68. The van der Waals surface area contributed by atoms with E-state index in [9.17, 15) is 10.1 Å². The third kappa shape index (κ3) is 4.52. The van der Waals surface area contributed by atoms with E-state index in [2.05, 4.69) is 20.2 Å². The predicted molar refractivity (Wildman–Crippen MR) is 78.6 cm³/mol. The van der Waals surface area contributed by atoms with Gasteiger partial charge in [-0.1, -0.05) is 6.42 Å². The molecular weight excluding hydrogens is 274 g/mol. The molecule has 21 heavy (non-hydrogen) atoms. The lowest BCUT2D eigenvalue weighted by molar-refractivity contribution is -0.386. The number of nitrogens with zero attached hydrogens (tertiary/aromatic N) is 4. The van der Waals surface area contributed by atoms with Crippen molar-refractivity contribution < 1.29 is 9.66 Å². The van der Waals surface area contributed by atoms with Crippen molar-refractivity contribution in [3.8, 4) is 5.88 Å². The minimum absolute atomic E-state index is 0.0305. The molecule has 1 aromatic rings. The van der Waals surface area contributed by atoms with Crippen LogP contribution in [-0.2, 0) is 0 Å². The van der Waals surface area contributed by atoms with Crippen molar-refractivity contribution in [1.29, 1.82) is 0 Å². The third-order valence-corrected chi connectivity index (χ3v) is 3.36. The Hall–Kier alpha value is -1.96. The fraction of sp³-hybridized carbons (Fsp3) is 0.692. The zero-order valence-electron chi connectivity index (χ0n) is 12.2. The van der Waals surface area contributed by atoms with Crippen molar-refractivity contribution in [2.24, 2.45) is 0 Å². The van der Waals surface area contributed by atoms with Gasteiger partial charge < -0.3 is 10.1 Å². The second-order valence-electron chi connectivity index (χ2n) is 4.92. The zero-order chi connectivity index (χ0) is 15.1. The summed E-state index contributed by atoms with van der Waals surface area (Å²) in [4.78, 5) is 20.7. The number of aromatic nitrogens is 2. The van der Waals surface area contributed by atoms with Gasteiger partial charge in [-0.25, -0.2) is 4.98 Å². The van der Waals surface area contributed by atoms with E-state index < -0.39 is 4.92 Å². The molecule has 1 saturated heterocycles. The molecule has 0 radical (unpaired) electrons. The number of nitrogens with one attached hydrogen (secondary N) is 1. The Morgan fingerprint density at radius 2 is 2.19 bits per heavy atom. The highest BCUT2D eigenvalue weighted by atomic mass is 16.6. The normalized spacial score (nSPS) is 15.7. The molecule has 0 aliphatic carbocycles. The van der Waals surface area contributed by atoms with Crippen LogP contribution >= 0.6 is 0 Å². The molecule has 2 rings (SSSR count). The smallest absolute Gasteiger partial charge is 0.349 e. The fourth-order valence-corrected chi connectivity index (χ4v) is 2.29. The van der Waals surface area contributed by atoms with Crippen molar-refractivity contribution in [2.45, 2.75) is 26.2 Å². The molecule has 1 aliphatic rings. The molecule has 1 aliphatic heterocycles. The highest BCUT2D eigenvalue weighted by molar-refractivity contribution is 5.43. The third-order valence-electron chi connectivity index (χ3n) is 3.36. The minimum atomic E-state index is -0.522. The highest BCUT2D eigenvalue weighted by Gasteiger charge is 2.19. The Bertz CT molecular complexity index is 477. The largest absolute Gasteiger partial charge is 0.471 e. The molecule has 1 N–H and O–H groups in total. The van der Waals surface area contributed by atoms with Crippen LogP contribution in [0.2, 0.25) is 0 Å². The average Bonchev–Trinajstić information content (AvgIpc) is 2.49. The maximum atomic E-state index is 11.0. The number of piperidine rings is 1. The van der Waals surface area contributed by atoms with E-state index in [0.717, 1.165) is 19.6 Å². The number of hydrogen-bond donors (Lipinski definition) is 1. The summed E-state index contributed by atoms with van der Waals surface area (Å²) in [5.74, 6) is 0.374. The molecule has 1 aromatic heterocycles. The van der Waals surface area contributed by atoms with Crippen LogP contribution in [0.25, 0.3) is 0 Å². The van der Waals surface area contributed by atoms with Gasteiger partial charge in [-0.15, -0.1) is 0 Å². The lowest BCUT2D eigenvalue weighted by atomic mass is 10.1. The second kappa shape index (κ2) is 7.72. The Labute approximate surface area is 123 Å². The lowest BCUT2D eigenvalue weighted by Gasteiger charge is -2.25. The van der Waals surface area contributed by atoms with Gasteiger partial charge in [-0.2, -0.15) is 4.98 Å². The van der Waals surface area contributed by atoms with E-state index in [-0.39, 0.29) is 11.6 Å². The van der Waals surface area contributed by atoms with Crippen LogP contribution in [0.5, 0.6) is 5.88 Å². The first-order chi connectivity index (χ1) is 10.2. The molecule has 8 heteroatoms. The van der Waals surface area contributed by atoms with Crippen LogP contribution in [0, 0.1) is 10.1 Å². The summed E-state index contributed by atoms with van der Waals surface area (Å²) < 4.78 is 5.51. The van der Waals surface area contributed by atoms with Crippen LogP contribution < -0.4 is 10.1 Å². The number of nitro groups is 1. The van der Waals surface area contributed by atoms with Crippen molar-refractivity contribution in [2.75, 3.05) is 38.1 Å². The Morgan fingerprint density at radius 1 is 1.43 bits per heavy atom. The molecule has 0 aromatic carbocycles. The number of ether oxygens (including phenoxy) is 1. The summed E-state index contributed by atoms with van der Waals surface area (Å²) in [7, 11) is 0. The molecular formula is C13H21N5O3. The molecule has 0 unspecified atom stereocenters. The maximum absolute atomic E-state index is 11.0. The molecule has 2 heterocycles. The van der Waals surface area contributed by atoms with Crippen molar-refractivity contribution in [1.82, 2.24) is 14.9 Å². The average molecular weight is 295 g/mol. The summed E-state index contributed by atoms with van der Waals surface area (Å²) in [5, 5.41) is 13.9. The van der Waals surface area contributed by atoms with Gasteiger partial charge in [-0.05, 0) is 32.9 Å². The van der Waals surface area contributed by atoms with E-state index in [4.69, 9.17) is 4.74 Å². The molecule has 0 bridgehead atoms. The topological polar surface area (TPSA) is 93.4 Å². The fourth-order valence-electron chi connectivity index (χ4n) is 2.29. The van der Waals surface area contributed by atoms with E-state index in [1.807, 2.05) is 6.92 Å². The summed E-state index contributed by atoms with van der Waals surface area (Å²) in [6, 6.07) is 0. The Kier molecular flexibility index (Phi) is 5.68. The number of rotatable bonds is 7. The lowest BCUT2D eigenvalue weighted by Crippen LogP contribution is -2.33. The standard InChI is InChI=1S/C13H21N5O3/c1-2-14-13-15-10-11(18(19)20)12(16-13)21-9-8-17-6-4-3-5-7-17/h10H,2-9H2,1H3,(H,14,15,16). The zero-order valence-corrected chi connectivity index (χ0v) is 12.2. The second-order valence-corrected chi connectivity index (χ2v) is 4.92. The van der Waals surface area contributed by atoms with E-state index >= 15 is 0 Å². The van der Waals surface area contributed by atoms with Gasteiger partial charge in [-0.3, -0.25) is 15.0 Å². The van der Waals surface area contributed by atoms with E-state index in [1.165, 1.54) is 25.5 Å². The van der Waals surface area contributed by atoms with Gasteiger partial charge in [0.05, 0.1) is 4.92 Å². The van der Waals surface area contributed by atoms with Crippen LogP contribution in [0.1, 0.15) is 26.2 Å². The van der Waals surface area contributed by atoms with Gasteiger partial charge in [0.2, 0.25) is 5.95 Å². The molecule has 0 saturated carbocycles. The molecule has 0 spiro atoms. The number of anilines is 1. The van der Waals surface area contributed by atoms with E-state index in [1.54, 1.807) is 0 Å².